The van der Waals surface area contributed by atoms with E-state index in [1.54, 1.807) is 0 Å². The third-order valence-corrected chi connectivity index (χ3v) is 6.82. The number of allylic oxidation sites excluding steroid dienone is 16. The summed E-state index contributed by atoms with van der Waals surface area (Å²) < 4.78 is 5.89. The number of hydrogen-bond donors (Lipinski definition) is 1. The molecule has 0 aliphatic rings. The van der Waals surface area contributed by atoms with Crippen molar-refractivity contribution in [1.29, 1.82) is 0 Å². The normalized spacial score (nSPS) is 13.5. The molecule has 0 aliphatic heterocycles. The molecule has 4 heteroatoms. The van der Waals surface area contributed by atoms with E-state index in [1.807, 2.05) is 0 Å². The van der Waals surface area contributed by atoms with Crippen molar-refractivity contribution in [3.63, 3.8) is 0 Å². The van der Waals surface area contributed by atoms with Crippen LogP contribution < -0.4 is 0 Å². The van der Waals surface area contributed by atoms with Gasteiger partial charge in [-0.2, -0.15) is 0 Å². The Morgan fingerprint density at radius 1 is 0.500 bits per heavy atom. The predicted molar refractivity (Wildman–Crippen MR) is 190 cm³/mol. The van der Waals surface area contributed by atoms with Gasteiger partial charge in [-0.3, -0.25) is 9.59 Å². The molecule has 0 amide bonds. The summed E-state index contributed by atoms with van der Waals surface area (Å²) in [6, 6.07) is 0. The number of esters is 1. The zero-order valence-corrected chi connectivity index (χ0v) is 27.9. The molecule has 1 N–H and O–H groups in total. The fraction of sp³-hybridized carbons (Fsp3) is 0.550. The van der Waals surface area contributed by atoms with Crippen LogP contribution in [0.5, 0.6) is 0 Å². The van der Waals surface area contributed by atoms with Gasteiger partial charge in [-0.25, -0.2) is 0 Å². The molecule has 246 valence electrons. The van der Waals surface area contributed by atoms with Crippen LogP contribution in [0.2, 0.25) is 0 Å². The molecule has 0 aromatic carbocycles. The fourth-order valence-corrected chi connectivity index (χ4v) is 4.36. The maximum absolute atomic E-state index is 12.6. The van der Waals surface area contributed by atoms with Gasteiger partial charge in [0.1, 0.15) is 6.10 Å². The van der Waals surface area contributed by atoms with E-state index in [0.717, 1.165) is 103 Å². The van der Waals surface area contributed by atoms with Crippen LogP contribution in [0.3, 0.4) is 0 Å². The third-order valence-electron chi connectivity index (χ3n) is 6.82. The second kappa shape index (κ2) is 34.4. The van der Waals surface area contributed by atoms with Gasteiger partial charge in [0.05, 0.1) is 0 Å². The number of carboxylic acids is 1. The van der Waals surface area contributed by atoms with Crippen LogP contribution >= 0.6 is 0 Å². The number of carboxylic acid groups (broad SMARTS) is 1. The zero-order valence-electron chi connectivity index (χ0n) is 27.9. The fourth-order valence-electron chi connectivity index (χ4n) is 4.36. The van der Waals surface area contributed by atoms with E-state index in [0.29, 0.717) is 12.8 Å². The number of rotatable bonds is 29. The first-order valence-electron chi connectivity index (χ1n) is 17.2. The molecule has 0 spiro atoms. The molecule has 0 heterocycles. The van der Waals surface area contributed by atoms with Gasteiger partial charge >= 0.3 is 11.9 Å². The van der Waals surface area contributed by atoms with E-state index in [9.17, 15) is 9.59 Å². The molecule has 0 aliphatic carbocycles. The van der Waals surface area contributed by atoms with Gasteiger partial charge in [0.15, 0.2) is 0 Å². The van der Waals surface area contributed by atoms with Crippen LogP contribution in [0.15, 0.2) is 97.2 Å². The summed E-state index contributed by atoms with van der Waals surface area (Å²) in [4.78, 5) is 23.2. The van der Waals surface area contributed by atoms with Crippen molar-refractivity contribution >= 4 is 11.9 Å². The van der Waals surface area contributed by atoms with Gasteiger partial charge in [0.2, 0.25) is 0 Å². The second-order valence-electron chi connectivity index (χ2n) is 10.9. The van der Waals surface area contributed by atoms with Crippen molar-refractivity contribution in [2.75, 3.05) is 0 Å². The molecule has 1 atom stereocenters. The minimum atomic E-state index is -0.724. The van der Waals surface area contributed by atoms with Gasteiger partial charge in [0.25, 0.3) is 0 Å². The quantitative estimate of drug-likeness (QED) is 0.0522. The van der Waals surface area contributed by atoms with E-state index in [2.05, 4.69) is 111 Å². The van der Waals surface area contributed by atoms with Gasteiger partial charge in [-0.05, 0) is 89.9 Å². The lowest BCUT2D eigenvalue weighted by Crippen LogP contribution is -2.18. The Bertz CT molecular complexity index is 914. The number of unbranched alkanes of at least 4 members (excludes halogenated alkanes) is 4. The van der Waals surface area contributed by atoms with Crippen LogP contribution in [-0.2, 0) is 14.3 Å². The minimum Gasteiger partial charge on any atom is -0.481 e. The Hall–Kier alpha value is -3.14. The number of aliphatic carboxylic acids is 1. The molecule has 0 saturated heterocycles. The molecule has 0 radical (unpaired) electrons. The highest BCUT2D eigenvalue weighted by Gasteiger charge is 2.13. The highest BCUT2D eigenvalue weighted by atomic mass is 16.5. The third kappa shape index (κ3) is 33.4. The zero-order chi connectivity index (χ0) is 32.2. The Kier molecular flexibility index (Phi) is 31.9. The monoisotopic (exact) mass is 606 g/mol. The topological polar surface area (TPSA) is 63.6 Å². The highest BCUT2D eigenvalue weighted by molar-refractivity contribution is 5.69. The maximum Gasteiger partial charge on any atom is 0.306 e. The summed E-state index contributed by atoms with van der Waals surface area (Å²) in [5, 5.41) is 8.79. The number of carbonyl (C=O) groups is 2. The molecule has 0 rings (SSSR count). The van der Waals surface area contributed by atoms with E-state index < -0.39 is 5.97 Å². The average molecular weight is 607 g/mol. The van der Waals surface area contributed by atoms with Crippen LogP contribution in [0, 0.1) is 0 Å². The van der Waals surface area contributed by atoms with Crippen LogP contribution in [0.1, 0.15) is 136 Å². The summed E-state index contributed by atoms with van der Waals surface area (Å²) in [7, 11) is 0. The molecule has 4 nitrogen and oxygen atoms in total. The van der Waals surface area contributed by atoms with E-state index in [1.165, 1.54) is 0 Å². The molecule has 0 saturated carbocycles. The highest BCUT2D eigenvalue weighted by Crippen LogP contribution is 2.16. The lowest BCUT2D eigenvalue weighted by atomic mass is 10.0. The molecule has 0 aromatic rings. The van der Waals surface area contributed by atoms with Gasteiger partial charge in [-0.1, -0.05) is 130 Å². The van der Waals surface area contributed by atoms with Crippen molar-refractivity contribution in [3.05, 3.63) is 97.2 Å². The summed E-state index contributed by atoms with van der Waals surface area (Å²) in [5.74, 6) is -0.845. The first-order valence-corrected chi connectivity index (χ1v) is 17.2. The minimum absolute atomic E-state index is 0.0639. The van der Waals surface area contributed by atoms with E-state index >= 15 is 0 Å². The largest absolute Gasteiger partial charge is 0.481 e. The van der Waals surface area contributed by atoms with Crippen molar-refractivity contribution < 1.29 is 19.4 Å². The first-order chi connectivity index (χ1) is 21.6. The number of hydrogen-bond acceptors (Lipinski definition) is 3. The van der Waals surface area contributed by atoms with Gasteiger partial charge < -0.3 is 9.84 Å². The molecular formula is C40H62O4. The molecule has 1 unspecified atom stereocenters. The van der Waals surface area contributed by atoms with Crippen molar-refractivity contribution in [2.24, 2.45) is 0 Å². The van der Waals surface area contributed by atoms with Crippen molar-refractivity contribution in [1.82, 2.24) is 0 Å². The standard InChI is InChI=1S/C40H62O4/c1-3-5-7-9-11-13-15-17-19-21-23-26-30-34-38(35-31-27-25-28-32-36-39(41)42)44-40(43)37-33-29-24-22-20-18-16-14-12-10-8-6-4-2/h5-8,11-14,17-20,23-24,26,29,38H,3-4,9-10,15-16,21-22,25,27-28,30-37H2,1-2H3,(H,41,42)/b7-5-,8-6-,13-11-,14-12-,19-17-,20-18-,26-23-,29-24-. The summed E-state index contributed by atoms with van der Waals surface area (Å²) in [6.45, 7) is 4.29. The first kappa shape index (κ1) is 40.9. The number of carbonyl (C=O) groups excluding carboxylic acids is 1. The lowest BCUT2D eigenvalue weighted by molar-refractivity contribution is -0.149. The van der Waals surface area contributed by atoms with Crippen LogP contribution in [-0.4, -0.2) is 23.1 Å². The van der Waals surface area contributed by atoms with Crippen LogP contribution in [0.25, 0.3) is 0 Å². The summed E-state index contributed by atoms with van der Waals surface area (Å²) in [6.07, 6.45) is 51.3. The van der Waals surface area contributed by atoms with Crippen molar-refractivity contribution in [2.45, 2.75) is 142 Å². The second-order valence-corrected chi connectivity index (χ2v) is 10.9. The summed E-state index contributed by atoms with van der Waals surface area (Å²) in [5.41, 5.74) is 0. The smallest absolute Gasteiger partial charge is 0.306 e. The molecular weight excluding hydrogens is 544 g/mol. The summed E-state index contributed by atoms with van der Waals surface area (Å²) >= 11 is 0. The molecule has 44 heavy (non-hydrogen) atoms. The molecule has 0 aromatic heterocycles. The maximum atomic E-state index is 12.6. The molecule has 0 fully saturated rings. The Balaban J connectivity index is 4.39. The average Bonchev–Trinajstić information content (AvgIpc) is 3.00. The van der Waals surface area contributed by atoms with Crippen molar-refractivity contribution in [3.8, 4) is 0 Å². The number of ether oxygens (including phenoxy) is 1. The predicted octanol–water partition coefficient (Wildman–Crippen LogP) is 11.9. The Morgan fingerprint density at radius 2 is 0.909 bits per heavy atom. The van der Waals surface area contributed by atoms with E-state index in [4.69, 9.17) is 9.84 Å². The van der Waals surface area contributed by atoms with Gasteiger partial charge in [0, 0.05) is 12.8 Å². The van der Waals surface area contributed by atoms with Crippen LogP contribution in [0.4, 0.5) is 0 Å². The van der Waals surface area contributed by atoms with Gasteiger partial charge in [-0.15, -0.1) is 0 Å². The molecule has 0 bridgehead atoms. The SMILES string of the molecule is CC/C=C\C/C=C\C/C=C\C/C=C\CCC(=O)OC(CC/C=C\C/C=C\C/C=C\C/C=C\CC)CCCCCCCC(=O)O. The van der Waals surface area contributed by atoms with E-state index in [-0.39, 0.29) is 18.5 Å². The Labute approximate surface area is 270 Å². The lowest BCUT2D eigenvalue weighted by Gasteiger charge is -2.17. The Morgan fingerprint density at radius 3 is 1.39 bits per heavy atom.